The van der Waals surface area contributed by atoms with Crippen LogP contribution in [0.5, 0.6) is 0 Å². The van der Waals surface area contributed by atoms with Crippen LogP contribution in [0.2, 0.25) is 0 Å². The summed E-state index contributed by atoms with van der Waals surface area (Å²) in [5.74, 6) is -0.317. The standard InChI is InChI=1S/C16H18N6O3S/c1-2-6-25-22-12-8-11(9-20(10-12)16(22)24)21-5-3-13(19-21)14(23)18-15-17-4-7-26-15/h3-5,7-8,12H,2,6,9-10H2,1H3,(H,17,18,23). The monoisotopic (exact) mass is 374 g/mol. The summed E-state index contributed by atoms with van der Waals surface area (Å²) >= 11 is 1.34. The number of carbonyl (C=O) groups excluding carboxylic acids is 2. The molecular formula is C16H18N6O3S. The van der Waals surface area contributed by atoms with Gasteiger partial charge in [0.25, 0.3) is 5.91 Å². The third kappa shape index (κ3) is 3.08. The normalized spacial score (nSPS) is 19.0. The molecule has 1 fully saturated rings. The summed E-state index contributed by atoms with van der Waals surface area (Å²) in [6, 6.07) is 1.36. The van der Waals surface area contributed by atoms with Crippen molar-refractivity contribution in [2.75, 3.05) is 25.0 Å². The smallest absolute Gasteiger partial charge is 0.314 e. The van der Waals surface area contributed by atoms with Crippen LogP contribution in [0.3, 0.4) is 0 Å². The second kappa shape index (κ2) is 6.89. The number of hydroxylamine groups is 2. The highest BCUT2D eigenvalue weighted by Crippen LogP contribution is 2.26. The van der Waals surface area contributed by atoms with Gasteiger partial charge in [-0.1, -0.05) is 6.92 Å². The van der Waals surface area contributed by atoms with E-state index in [9.17, 15) is 9.59 Å². The first-order valence-corrected chi connectivity index (χ1v) is 9.22. The number of nitrogens with one attached hydrogen (secondary N) is 1. The lowest BCUT2D eigenvalue weighted by Crippen LogP contribution is -2.33. The number of anilines is 1. The van der Waals surface area contributed by atoms with Crippen LogP contribution in [0.25, 0.3) is 5.70 Å². The maximum absolute atomic E-state index is 12.4. The number of amides is 3. The van der Waals surface area contributed by atoms with E-state index < -0.39 is 0 Å². The number of carbonyl (C=O) groups is 2. The maximum atomic E-state index is 12.4. The SMILES string of the molecule is CCCON1C(=O)N2CC(n3ccc(C(=O)Nc4nccs4)n3)=CC1C2. The molecule has 0 aromatic carbocycles. The molecule has 136 valence electrons. The molecule has 1 N–H and O–H groups in total. The van der Waals surface area contributed by atoms with E-state index in [-0.39, 0.29) is 18.0 Å². The molecule has 3 amide bonds. The zero-order chi connectivity index (χ0) is 18.1. The molecule has 4 heterocycles. The van der Waals surface area contributed by atoms with Gasteiger partial charge in [0.2, 0.25) is 0 Å². The average Bonchev–Trinajstić information content (AvgIpc) is 3.36. The maximum Gasteiger partial charge on any atom is 0.345 e. The molecule has 4 rings (SSSR count). The van der Waals surface area contributed by atoms with Crippen molar-refractivity contribution in [2.24, 2.45) is 0 Å². The van der Waals surface area contributed by atoms with Crippen LogP contribution in [0, 0.1) is 0 Å². The van der Waals surface area contributed by atoms with Crippen molar-refractivity contribution in [3.63, 3.8) is 0 Å². The van der Waals surface area contributed by atoms with E-state index in [0.29, 0.717) is 30.5 Å². The first-order valence-electron chi connectivity index (χ1n) is 8.34. The number of hydrogen-bond donors (Lipinski definition) is 1. The summed E-state index contributed by atoms with van der Waals surface area (Å²) in [7, 11) is 0. The molecule has 10 heteroatoms. The summed E-state index contributed by atoms with van der Waals surface area (Å²) in [6.45, 7) is 3.53. The van der Waals surface area contributed by atoms with Gasteiger partial charge in [-0.3, -0.25) is 14.9 Å². The molecule has 9 nitrogen and oxygen atoms in total. The second-order valence-corrected chi connectivity index (χ2v) is 6.88. The van der Waals surface area contributed by atoms with Gasteiger partial charge in [0.05, 0.1) is 24.9 Å². The molecule has 2 aromatic heterocycles. The lowest BCUT2D eigenvalue weighted by Gasteiger charge is -2.21. The van der Waals surface area contributed by atoms with Crippen LogP contribution in [0.15, 0.2) is 29.9 Å². The molecule has 1 saturated heterocycles. The van der Waals surface area contributed by atoms with E-state index in [2.05, 4.69) is 15.4 Å². The molecule has 0 spiro atoms. The molecule has 0 radical (unpaired) electrons. The van der Waals surface area contributed by atoms with Crippen LogP contribution < -0.4 is 5.32 Å². The Hall–Kier alpha value is -2.72. The van der Waals surface area contributed by atoms with Crippen LogP contribution >= 0.6 is 11.3 Å². The molecule has 2 bridgehead atoms. The van der Waals surface area contributed by atoms with Gasteiger partial charge in [-0.05, 0) is 18.6 Å². The predicted octanol–water partition coefficient (Wildman–Crippen LogP) is 1.89. The predicted molar refractivity (Wildman–Crippen MR) is 95.4 cm³/mol. The quantitative estimate of drug-likeness (QED) is 0.834. The van der Waals surface area contributed by atoms with Crippen LogP contribution in [-0.2, 0) is 4.84 Å². The number of urea groups is 1. The van der Waals surface area contributed by atoms with Crippen molar-refractivity contribution < 1.29 is 14.4 Å². The first kappa shape index (κ1) is 16.7. The number of nitrogens with zero attached hydrogens (tertiary/aromatic N) is 5. The summed E-state index contributed by atoms with van der Waals surface area (Å²) in [5, 5.41) is 10.8. The highest BCUT2D eigenvalue weighted by molar-refractivity contribution is 7.13. The van der Waals surface area contributed by atoms with E-state index >= 15 is 0 Å². The van der Waals surface area contributed by atoms with Gasteiger partial charge in [0.15, 0.2) is 10.8 Å². The zero-order valence-corrected chi connectivity index (χ0v) is 15.0. The summed E-state index contributed by atoms with van der Waals surface area (Å²) in [6.07, 6.45) is 6.14. The third-order valence-electron chi connectivity index (χ3n) is 4.11. The van der Waals surface area contributed by atoms with Crippen molar-refractivity contribution >= 4 is 34.1 Å². The van der Waals surface area contributed by atoms with Gasteiger partial charge in [0, 0.05) is 24.3 Å². The van der Waals surface area contributed by atoms with E-state index in [1.807, 2.05) is 13.0 Å². The van der Waals surface area contributed by atoms with Crippen molar-refractivity contribution in [3.05, 3.63) is 35.6 Å². The Morgan fingerprint density at radius 1 is 1.50 bits per heavy atom. The van der Waals surface area contributed by atoms with Crippen molar-refractivity contribution in [1.29, 1.82) is 0 Å². The molecule has 2 aliphatic rings. The van der Waals surface area contributed by atoms with E-state index in [1.54, 1.807) is 33.4 Å². The van der Waals surface area contributed by atoms with Crippen LogP contribution in [-0.4, -0.2) is 62.4 Å². The number of aromatic nitrogens is 3. The van der Waals surface area contributed by atoms with Crippen molar-refractivity contribution in [3.8, 4) is 0 Å². The van der Waals surface area contributed by atoms with Gasteiger partial charge >= 0.3 is 6.03 Å². The van der Waals surface area contributed by atoms with Crippen molar-refractivity contribution in [2.45, 2.75) is 19.4 Å². The minimum Gasteiger partial charge on any atom is -0.314 e. The van der Waals surface area contributed by atoms with Gasteiger partial charge in [0.1, 0.15) is 0 Å². The Morgan fingerprint density at radius 2 is 2.38 bits per heavy atom. The highest BCUT2D eigenvalue weighted by atomic mass is 32.1. The number of fused-ring (bicyclic) bond motifs is 2. The molecule has 2 aromatic rings. The summed E-state index contributed by atoms with van der Waals surface area (Å²) < 4.78 is 1.63. The minimum absolute atomic E-state index is 0.136. The van der Waals surface area contributed by atoms with Gasteiger partial charge in [-0.25, -0.2) is 14.5 Å². The molecule has 2 aliphatic heterocycles. The minimum atomic E-state index is -0.317. The second-order valence-electron chi connectivity index (χ2n) is 5.98. The number of rotatable bonds is 6. The molecule has 0 saturated carbocycles. The summed E-state index contributed by atoms with van der Waals surface area (Å²) in [4.78, 5) is 35.9. The fourth-order valence-corrected chi connectivity index (χ4v) is 3.45. The van der Waals surface area contributed by atoms with Gasteiger partial charge in [-0.15, -0.1) is 11.3 Å². The Labute approximate surface area is 153 Å². The Balaban J connectivity index is 1.49. The molecular weight excluding hydrogens is 356 g/mol. The van der Waals surface area contributed by atoms with Gasteiger partial charge < -0.3 is 4.90 Å². The Bertz CT molecular complexity index is 846. The van der Waals surface area contributed by atoms with Crippen molar-refractivity contribution in [1.82, 2.24) is 24.7 Å². The Morgan fingerprint density at radius 3 is 3.15 bits per heavy atom. The lowest BCUT2D eigenvalue weighted by atomic mass is 10.2. The number of thiazole rings is 1. The van der Waals surface area contributed by atoms with E-state index in [0.717, 1.165) is 12.1 Å². The molecule has 0 aliphatic carbocycles. The molecule has 26 heavy (non-hydrogen) atoms. The van der Waals surface area contributed by atoms with Crippen LogP contribution in [0.1, 0.15) is 23.8 Å². The highest BCUT2D eigenvalue weighted by Gasteiger charge is 2.41. The zero-order valence-electron chi connectivity index (χ0n) is 14.2. The molecule has 1 unspecified atom stereocenters. The Kier molecular flexibility index (Phi) is 4.43. The van der Waals surface area contributed by atoms with E-state index in [1.165, 1.54) is 16.4 Å². The lowest BCUT2D eigenvalue weighted by molar-refractivity contribution is -0.119. The third-order valence-corrected chi connectivity index (χ3v) is 4.80. The first-order chi connectivity index (χ1) is 12.7. The summed E-state index contributed by atoms with van der Waals surface area (Å²) in [5.41, 5.74) is 1.13. The van der Waals surface area contributed by atoms with Crippen LogP contribution in [0.4, 0.5) is 9.93 Å². The van der Waals surface area contributed by atoms with E-state index in [4.69, 9.17) is 4.84 Å². The molecule has 1 atom stereocenters. The fourth-order valence-electron chi connectivity index (χ4n) is 2.92. The largest absolute Gasteiger partial charge is 0.345 e. The average molecular weight is 374 g/mol. The fraction of sp³-hybridized carbons (Fsp3) is 0.375. The topological polar surface area (TPSA) is 92.6 Å². The van der Waals surface area contributed by atoms with Gasteiger partial charge in [-0.2, -0.15) is 10.2 Å². The number of hydrogen-bond acceptors (Lipinski definition) is 6.